The number of hydrogen-bond donors (Lipinski definition) is 2. The van der Waals surface area contributed by atoms with Gasteiger partial charge in [-0.15, -0.1) is 0 Å². The van der Waals surface area contributed by atoms with Crippen molar-refractivity contribution < 1.29 is 14.1 Å². The van der Waals surface area contributed by atoms with E-state index in [4.69, 9.17) is 9.72 Å². The minimum absolute atomic E-state index is 0.00375. The Morgan fingerprint density at radius 3 is 2.74 bits per heavy atom. The molecule has 4 rings (SSSR count). The summed E-state index contributed by atoms with van der Waals surface area (Å²) in [5.74, 6) is 1.85. The van der Waals surface area contributed by atoms with E-state index in [2.05, 4.69) is 10.3 Å². The minimum atomic E-state index is -0.914. The molecule has 1 aliphatic heterocycles. The SMILES string of the molecule is COc1cc(C[S+](C)[O-])ccc1-c1nc2cc3c(cc2[nH]1)NC(=O)C3(C)C. The fraction of sp³-hybridized carbons (Fsp3) is 0.300. The topological polar surface area (TPSA) is 90.1 Å². The Kier molecular flexibility index (Phi) is 4.16. The molecule has 1 aliphatic rings. The third-order valence-corrected chi connectivity index (χ3v) is 5.74. The van der Waals surface area contributed by atoms with Gasteiger partial charge in [-0.05, 0) is 43.7 Å². The van der Waals surface area contributed by atoms with E-state index in [1.165, 1.54) is 0 Å². The molecule has 1 atom stereocenters. The number of anilines is 1. The largest absolute Gasteiger partial charge is 0.616 e. The van der Waals surface area contributed by atoms with Gasteiger partial charge >= 0.3 is 0 Å². The summed E-state index contributed by atoms with van der Waals surface area (Å²) in [6.07, 6.45) is 1.68. The maximum atomic E-state index is 12.2. The number of H-pyrrole nitrogens is 1. The maximum Gasteiger partial charge on any atom is 0.234 e. The van der Waals surface area contributed by atoms with Gasteiger partial charge in [0.2, 0.25) is 5.91 Å². The molecule has 1 unspecified atom stereocenters. The third-order valence-electron chi connectivity index (χ3n) is 5.00. The molecule has 1 amide bonds. The van der Waals surface area contributed by atoms with Gasteiger partial charge in [-0.25, -0.2) is 4.98 Å². The molecule has 3 aromatic rings. The summed E-state index contributed by atoms with van der Waals surface area (Å²) in [6, 6.07) is 9.65. The van der Waals surface area contributed by atoms with Crippen LogP contribution in [-0.2, 0) is 27.1 Å². The van der Waals surface area contributed by atoms with Crippen LogP contribution in [0, 0.1) is 0 Å². The van der Waals surface area contributed by atoms with Crippen LogP contribution < -0.4 is 10.1 Å². The van der Waals surface area contributed by atoms with E-state index in [0.717, 1.165) is 33.4 Å². The van der Waals surface area contributed by atoms with E-state index < -0.39 is 16.6 Å². The normalized spacial score (nSPS) is 16.3. The summed E-state index contributed by atoms with van der Waals surface area (Å²) in [5, 5.41) is 2.94. The third kappa shape index (κ3) is 2.96. The lowest BCUT2D eigenvalue weighted by Gasteiger charge is -2.14. The number of ether oxygens (including phenoxy) is 1. The van der Waals surface area contributed by atoms with Crippen molar-refractivity contribution in [3.05, 3.63) is 41.5 Å². The van der Waals surface area contributed by atoms with E-state index in [0.29, 0.717) is 17.3 Å². The molecular formula is C20H21N3O3S. The predicted octanol–water partition coefficient (Wildman–Crippen LogP) is 3.35. The Balaban J connectivity index is 1.79. The fourth-order valence-corrected chi connectivity index (χ4v) is 4.11. The molecule has 0 saturated carbocycles. The Morgan fingerprint density at radius 2 is 2.04 bits per heavy atom. The lowest BCUT2D eigenvalue weighted by Crippen LogP contribution is -2.26. The zero-order valence-electron chi connectivity index (χ0n) is 15.7. The highest BCUT2D eigenvalue weighted by Gasteiger charge is 2.38. The number of rotatable bonds is 4. The van der Waals surface area contributed by atoms with E-state index in [-0.39, 0.29) is 5.91 Å². The Hall–Kier alpha value is -2.51. The molecule has 0 aliphatic carbocycles. The molecule has 2 heterocycles. The van der Waals surface area contributed by atoms with Gasteiger partial charge in [0.1, 0.15) is 17.3 Å². The van der Waals surface area contributed by atoms with Crippen LogP contribution in [0.3, 0.4) is 0 Å². The van der Waals surface area contributed by atoms with E-state index in [1.54, 1.807) is 13.4 Å². The number of aromatic amines is 1. The Bertz CT molecular complexity index is 1060. The molecule has 0 bridgehead atoms. The summed E-state index contributed by atoms with van der Waals surface area (Å²) in [4.78, 5) is 20.2. The van der Waals surface area contributed by atoms with Gasteiger partial charge in [0.25, 0.3) is 0 Å². The fourth-order valence-electron chi connectivity index (χ4n) is 3.46. The number of amides is 1. The van der Waals surface area contributed by atoms with Crippen LogP contribution in [-0.4, -0.2) is 33.8 Å². The quantitative estimate of drug-likeness (QED) is 0.676. The molecular weight excluding hydrogens is 362 g/mol. The second-order valence-corrected chi connectivity index (χ2v) is 8.77. The van der Waals surface area contributed by atoms with Crippen molar-refractivity contribution in [2.45, 2.75) is 25.0 Å². The lowest BCUT2D eigenvalue weighted by molar-refractivity contribution is -0.119. The average molecular weight is 383 g/mol. The number of nitrogens with one attached hydrogen (secondary N) is 2. The molecule has 0 radical (unpaired) electrons. The second-order valence-electron chi connectivity index (χ2n) is 7.33. The molecule has 1 aromatic heterocycles. The predicted molar refractivity (Wildman–Crippen MR) is 108 cm³/mol. The Morgan fingerprint density at radius 1 is 1.26 bits per heavy atom. The number of benzene rings is 2. The van der Waals surface area contributed by atoms with Gasteiger partial charge < -0.3 is 19.6 Å². The van der Waals surface area contributed by atoms with Gasteiger partial charge in [-0.1, -0.05) is 17.2 Å². The molecule has 7 heteroatoms. The summed E-state index contributed by atoms with van der Waals surface area (Å²) in [5.41, 5.74) is 4.64. The number of fused-ring (bicyclic) bond motifs is 2. The van der Waals surface area contributed by atoms with E-state index >= 15 is 0 Å². The van der Waals surface area contributed by atoms with Crippen molar-refractivity contribution >= 4 is 33.8 Å². The van der Waals surface area contributed by atoms with Crippen LogP contribution in [0.2, 0.25) is 0 Å². The van der Waals surface area contributed by atoms with Crippen LogP contribution in [0.1, 0.15) is 25.0 Å². The number of imidazole rings is 1. The maximum absolute atomic E-state index is 12.2. The summed E-state index contributed by atoms with van der Waals surface area (Å²) < 4.78 is 17.0. The van der Waals surface area contributed by atoms with Gasteiger partial charge in [0.15, 0.2) is 0 Å². The summed E-state index contributed by atoms with van der Waals surface area (Å²) in [6.45, 7) is 3.82. The number of nitrogens with zero attached hydrogens (tertiary/aromatic N) is 1. The molecule has 6 nitrogen and oxygen atoms in total. The first-order chi connectivity index (χ1) is 12.8. The zero-order valence-corrected chi connectivity index (χ0v) is 16.5. The van der Waals surface area contributed by atoms with Crippen molar-refractivity contribution in [3.63, 3.8) is 0 Å². The van der Waals surface area contributed by atoms with Crippen molar-refractivity contribution in [3.8, 4) is 17.1 Å². The smallest absolute Gasteiger partial charge is 0.234 e. The summed E-state index contributed by atoms with van der Waals surface area (Å²) >= 11 is -0.914. The molecule has 0 fully saturated rings. The first kappa shape index (κ1) is 17.9. The van der Waals surface area contributed by atoms with Gasteiger partial charge in [-0.3, -0.25) is 4.79 Å². The summed E-state index contributed by atoms with van der Waals surface area (Å²) in [7, 11) is 1.61. The first-order valence-electron chi connectivity index (χ1n) is 8.62. The minimum Gasteiger partial charge on any atom is -0.616 e. The standard InChI is InChI=1S/C20H21N3O3S/c1-20(2)13-8-15-16(9-14(13)23-19(20)24)22-18(21-15)12-6-5-11(10-27(4)25)7-17(12)26-3/h5-9H,10H2,1-4H3,(H,21,22)(H,23,24). The number of hydrogen-bond acceptors (Lipinski definition) is 4. The van der Waals surface area contributed by atoms with Gasteiger partial charge in [0.05, 0.1) is 35.4 Å². The highest BCUT2D eigenvalue weighted by atomic mass is 32.2. The second kappa shape index (κ2) is 6.28. The highest BCUT2D eigenvalue weighted by Crippen LogP contribution is 2.40. The van der Waals surface area contributed by atoms with Crippen LogP contribution >= 0.6 is 0 Å². The first-order valence-corrected chi connectivity index (χ1v) is 10.4. The van der Waals surface area contributed by atoms with Gasteiger partial charge in [-0.2, -0.15) is 0 Å². The van der Waals surface area contributed by atoms with Crippen molar-refractivity contribution in [2.75, 3.05) is 18.7 Å². The number of aromatic nitrogens is 2. The number of carbonyl (C=O) groups excluding carboxylic acids is 1. The highest BCUT2D eigenvalue weighted by molar-refractivity contribution is 7.89. The van der Waals surface area contributed by atoms with Crippen LogP contribution in [0.25, 0.3) is 22.4 Å². The Labute approximate surface area is 160 Å². The van der Waals surface area contributed by atoms with Crippen molar-refractivity contribution in [1.29, 1.82) is 0 Å². The molecule has 0 saturated heterocycles. The zero-order chi connectivity index (χ0) is 19.3. The van der Waals surface area contributed by atoms with E-state index in [1.807, 2.05) is 44.2 Å². The van der Waals surface area contributed by atoms with Crippen molar-refractivity contribution in [2.24, 2.45) is 0 Å². The average Bonchev–Trinajstić information content (AvgIpc) is 3.11. The number of carbonyl (C=O) groups is 1. The molecule has 140 valence electrons. The molecule has 0 spiro atoms. The molecule has 2 aromatic carbocycles. The van der Waals surface area contributed by atoms with Crippen LogP contribution in [0.15, 0.2) is 30.3 Å². The van der Waals surface area contributed by atoms with Gasteiger partial charge in [0, 0.05) is 11.3 Å². The number of methoxy groups -OCH3 is 1. The van der Waals surface area contributed by atoms with Crippen molar-refractivity contribution in [1.82, 2.24) is 9.97 Å². The molecule has 27 heavy (non-hydrogen) atoms. The molecule has 2 N–H and O–H groups in total. The van der Waals surface area contributed by atoms with Crippen LogP contribution in [0.5, 0.6) is 5.75 Å². The monoisotopic (exact) mass is 383 g/mol. The van der Waals surface area contributed by atoms with E-state index in [9.17, 15) is 9.35 Å². The van der Waals surface area contributed by atoms with Crippen LogP contribution in [0.4, 0.5) is 5.69 Å². The lowest BCUT2D eigenvalue weighted by atomic mass is 9.86.